The highest BCUT2D eigenvalue weighted by atomic mass is 79.9. The van der Waals surface area contributed by atoms with Crippen LogP contribution in [0.4, 0.5) is 0 Å². The molecular weight excluding hydrogens is 326 g/mol. The summed E-state index contributed by atoms with van der Waals surface area (Å²) in [7, 11) is 0. The zero-order chi connectivity index (χ0) is 13.7. The van der Waals surface area contributed by atoms with Crippen LogP contribution in [0, 0.1) is 11.8 Å². The predicted octanol–water partition coefficient (Wildman–Crippen LogP) is 3.99. The zero-order valence-electron chi connectivity index (χ0n) is 11.0. The molecule has 0 bridgehead atoms. The molecule has 2 unspecified atom stereocenters. The lowest BCUT2D eigenvalue weighted by atomic mass is 9.79. The highest BCUT2D eigenvalue weighted by Crippen LogP contribution is 2.29. The van der Waals surface area contributed by atoms with E-state index in [1.807, 2.05) is 18.2 Å². The topological polar surface area (TPSA) is 32.3 Å². The van der Waals surface area contributed by atoms with E-state index in [4.69, 9.17) is 11.6 Å². The summed E-state index contributed by atoms with van der Waals surface area (Å²) in [6, 6.07) is 5.89. The van der Waals surface area contributed by atoms with Crippen LogP contribution >= 0.6 is 27.5 Å². The highest BCUT2D eigenvalue weighted by molar-refractivity contribution is 9.10. The van der Waals surface area contributed by atoms with Gasteiger partial charge in [0, 0.05) is 22.6 Å². The summed E-state index contributed by atoms with van der Waals surface area (Å²) in [6.07, 6.45) is 4.98. The second-order valence-corrected chi connectivity index (χ2v) is 6.64. The number of halogens is 2. The maximum Gasteiger partial charge on any atom is 0.0462 e. The largest absolute Gasteiger partial charge is 0.396 e. The van der Waals surface area contributed by atoms with Crippen LogP contribution in [0.3, 0.4) is 0 Å². The van der Waals surface area contributed by atoms with Crippen LogP contribution in [-0.2, 0) is 6.54 Å². The standard InChI is InChI=1S/C15H21BrClNO/c16-15-7-14(17)6-5-12(15)9-18-8-11-3-1-2-4-13(11)10-19/h5-7,11,13,18-19H,1-4,8-10H2. The van der Waals surface area contributed by atoms with E-state index >= 15 is 0 Å². The maximum atomic E-state index is 9.40. The summed E-state index contributed by atoms with van der Waals surface area (Å²) < 4.78 is 1.05. The minimum atomic E-state index is 0.330. The molecule has 19 heavy (non-hydrogen) atoms. The third-order valence-electron chi connectivity index (χ3n) is 4.04. The lowest BCUT2D eigenvalue weighted by Gasteiger charge is -2.30. The van der Waals surface area contributed by atoms with Gasteiger partial charge in [-0.05, 0) is 48.9 Å². The zero-order valence-corrected chi connectivity index (χ0v) is 13.4. The smallest absolute Gasteiger partial charge is 0.0462 e. The monoisotopic (exact) mass is 345 g/mol. The van der Waals surface area contributed by atoms with Gasteiger partial charge in [0.2, 0.25) is 0 Å². The third-order valence-corrected chi connectivity index (χ3v) is 5.01. The minimum Gasteiger partial charge on any atom is -0.396 e. The van der Waals surface area contributed by atoms with E-state index in [0.717, 1.165) is 22.6 Å². The van der Waals surface area contributed by atoms with Gasteiger partial charge in [0.15, 0.2) is 0 Å². The fourth-order valence-electron chi connectivity index (χ4n) is 2.85. The van der Waals surface area contributed by atoms with Gasteiger partial charge in [-0.25, -0.2) is 0 Å². The Morgan fingerprint density at radius 2 is 2.00 bits per heavy atom. The molecule has 4 heteroatoms. The molecule has 0 radical (unpaired) electrons. The van der Waals surface area contributed by atoms with Gasteiger partial charge in [-0.2, -0.15) is 0 Å². The molecule has 1 saturated carbocycles. The summed E-state index contributed by atoms with van der Waals surface area (Å²) in [5, 5.41) is 13.7. The maximum absolute atomic E-state index is 9.40. The van der Waals surface area contributed by atoms with Crippen LogP contribution < -0.4 is 5.32 Å². The molecule has 1 aliphatic rings. The number of nitrogens with one attached hydrogen (secondary N) is 1. The fourth-order valence-corrected chi connectivity index (χ4v) is 3.67. The Balaban J connectivity index is 1.82. The number of hydrogen-bond donors (Lipinski definition) is 2. The van der Waals surface area contributed by atoms with Gasteiger partial charge in [-0.3, -0.25) is 0 Å². The van der Waals surface area contributed by atoms with E-state index in [1.54, 1.807) is 0 Å². The molecule has 0 aromatic heterocycles. The van der Waals surface area contributed by atoms with Gasteiger partial charge >= 0.3 is 0 Å². The number of rotatable bonds is 5. The average molecular weight is 347 g/mol. The van der Waals surface area contributed by atoms with Gasteiger partial charge in [-0.15, -0.1) is 0 Å². The summed E-state index contributed by atoms with van der Waals surface area (Å²) in [6.45, 7) is 2.16. The first kappa shape index (κ1) is 15.3. The van der Waals surface area contributed by atoms with Crippen LogP contribution in [-0.4, -0.2) is 18.3 Å². The Bertz CT molecular complexity index is 413. The first-order valence-corrected chi connectivity index (χ1v) is 8.13. The van der Waals surface area contributed by atoms with Crippen molar-refractivity contribution < 1.29 is 5.11 Å². The van der Waals surface area contributed by atoms with Crippen molar-refractivity contribution in [3.63, 3.8) is 0 Å². The number of aliphatic hydroxyl groups is 1. The van der Waals surface area contributed by atoms with Crippen molar-refractivity contribution in [2.75, 3.05) is 13.2 Å². The average Bonchev–Trinajstić information content (AvgIpc) is 2.42. The van der Waals surface area contributed by atoms with Crippen molar-refractivity contribution >= 4 is 27.5 Å². The van der Waals surface area contributed by atoms with Gasteiger partial charge in [-0.1, -0.05) is 46.4 Å². The van der Waals surface area contributed by atoms with Crippen molar-refractivity contribution in [3.8, 4) is 0 Å². The molecule has 1 aromatic rings. The lowest BCUT2D eigenvalue weighted by Crippen LogP contribution is -2.32. The van der Waals surface area contributed by atoms with Crippen molar-refractivity contribution in [2.45, 2.75) is 32.2 Å². The normalized spacial score (nSPS) is 23.5. The summed E-state index contributed by atoms with van der Waals surface area (Å²) >= 11 is 9.47. The van der Waals surface area contributed by atoms with Gasteiger partial charge < -0.3 is 10.4 Å². The number of hydrogen-bond acceptors (Lipinski definition) is 2. The Hall–Kier alpha value is -0.0900. The fraction of sp³-hybridized carbons (Fsp3) is 0.600. The van der Waals surface area contributed by atoms with E-state index in [9.17, 15) is 5.11 Å². The molecule has 1 fully saturated rings. The Kier molecular flexibility index (Phi) is 6.14. The van der Waals surface area contributed by atoms with Crippen molar-refractivity contribution in [2.24, 2.45) is 11.8 Å². The van der Waals surface area contributed by atoms with E-state index in [1.165, 1.54) is 31.2 Å². The van der Waals surface area contributed by atoms with Crippen LogP contribution in [0.15, 0.2) is 22.7 Å². The quantitative estimate of drug-likeness (QED) is 0.845. The van der Waals surface area contributed by atoms with Crippen LogP contribution in [0.2, 0.25) is 5.02 Å². The van der Waals surface area contributed by atoms with Gasteiger partial charge in [0.25, 0.3) is 0 Å². The molecule has 0 heterocycles. The van der Waals surface area contributed by atoms with Gasteiger partial charge in [0.1, 0.15) is 0 Å². The van der Waals surface area contributed by atoms with Crippen molar-refractivity contribution in [3.05, 3.63) is 33.3 Å². The predicted molar refractivity (Wildman–Crippen MR) is 83.4 cm³/mol. The number of aliphatic hydroxyl groups excluding tert-OH is 1. The molecule has 0 amide bonds. The molecule has 2 N–H and O–H groups in total. The Morgan fingerprint density at radius 3 is 2.68 bits per heavy atom. The molecule has 2 atom stereocenters. The molecule has 2 rings (SSSR count). The molecule has 0 aliphatic heterocycles. The van der Waals surface area contributed by atoms with E-state index in [0.29, 0.717) is 18.4 Å². The molecular formula is C15H21BrClNO. The summed E-state index contributed by atoms with van der Waals surface area (Å²) in [5.74, 6) is 1.10. The Labute approximate surface area is 128 Å². The number of benzene rings is 1. The molecule has 106 valence electrons. The van der Waals surface area contributed by atoms with Crippen molar-refractivity contribution in [1.29, 1.82) is 0 Å². The Morgan fingerprint density at radius 1 is 1.26 bits per heavy atom. The highest BCUT2D eigenvalue weighted by Gasteiger charge is 2.23. The van der Waals surface area contributed by atoms with Gasteiger partial charge in [0.05, 0.1) is 0 Å². The molecule has 0 spiro atoms. The molecule has 0 saturated heterocycles. The third kappa shape index (κ3) is 4.45. The van der Waals surface area contributed by atoms with Crippen molar-refractivity contribution in [1.82, 2.24) is 5.32 Å². The summed E-state index contributed by atoms with van der Waals surface area (Å²) in [5.41, 5.74) is 1.22. The minimum absolute atomic E-state index is 0.330. The van der Waals surface area contributed by atoms with Crippen LogP contribution in [0.1, 0.15) is 31.2 Å². The van der Waals surface area contributed by atoms with E-state index in [2.05, 4.69) is 21.2 Å². The molecule has 2 nitrogen and oxygen atoms in total. The lowest BCUT2D eigenvalue weighted by molar-refractivity contribution is 0.133. The van der Waals surface area contributed by atoms with Crippen LogP contribution in [0.5, 0.6) is 0 Å². The first-order valence-electron chi connectivity index (χ1n) is 6.96. The molecule has 1 aliphatic carbocycles. The second-order valence-electron chi connectivity index (χ2n) is 5.35. The SMILES string of the molecule is OCC1CCCCC1CNCc1ccc(Cl)cc1Br. The van der Waals surface area contributed by atoms with E-state index < -0.39 is 0 Å². The van der Waals surface area contributed by atoms with Crippen LogP contribution in [0.25, 0.3) is 0 Å². The summed E-state index contributed by atoms with van der Waals surface area (Å²) in [4.78, 5) is 0. The first-order chi connectivity index (χ1) is 9.20. The van der Waals surface area contributed by atoms with E-state index in [-0.39, 0.29) is 0 Å². The second kappa shape index (κ2) is 7.63. The molecule has 1 aromatic carbocycles.